The van der Waals surface area contributed by atoms with Crippen molar-refractivity contribution in [2.75, 3.05) is 6.26 Å². The molecular weight excluding hydrogens is 484 g/mol. The quantitative estimate of drug-likeness (QED) is 0.312. The second-order valence-corrected chi connectivity index (χ2v) is 11.0. The van der Waals surface area contributed by atoms with E-state index in [9.17, 15) is 13.8 Å². The Hall–Kier alpha value is -3.49. The van der Waals surface area contributed by atoms with Crippen molar-refractivity contribution in [3.05, 3.63) is 92.5 Å². The number of hydrogen-bond acceptors (Lipinski definition) is 3. The Kier molecular flexibility index (Phi) is 7.80. The third kappa shape index (κ3) is 5.76. The zero-order valence-electron chi connectivity index (χ0n) is 22.2. The van der Waals surface area contributed by atoms with Gasteiger partial charge in [0.15, 0.2) is 0 Å². The van der Waals surface area contributed by atoms with Gasteiger partial charge in [-0.3, -0.25) is 9.59 Å². The molecule has 0 aliphatic heterocycles. The average molecular weight is 519 g/mol. The van der Waals surface area contributed by atoms with Crippen LogP contribution in [0.3, 0.4) is 0 Å². The van der Waals surface area contributed by atoms with Crippen molar-refractivity contribution in [2.45, 2.75) is 53.8 Å². The first-order valence-electron chi connectivity index (χ1n) is 12.3. The number of nitrogens with zero attached hydrogens (tertiary/aromatic N) is 1. The molecule has 2 aromatic carbocycles. The smallest absolute Gasteiger partial charge is 0.253 e. The lowest BCUT2D eigenvalue weighted by atomic mass is 9.97. The van der Waals surface area contributed by atoms with Gasteiger partial charge in [-0.2, -0.15) is 0 Å². The Balaban J connectivity index is 1.78. The van der Waals surface area contributed by atoms with Gasteiger partial charge in [0.1, 0.15) is 0 Å². The second kappa shape index (κ2) is 10.9. The number of aromatic amines is 1. The molecule has 4 aromatic rings. The number of fused-ring (bicyclic) bond motifs is 1. The summed E-state index contributed by atoms with van der Waals surface area (Å²) in [5.74, 6) is -0.227. The van der Waals surface area contributed by atoms with E-state index in [4.69, 9.17) is 0 Å². The number of carbonyl (C=O) groups excluding carboxylic acids is 1. The molecule has 0 aliphatic carbocycles. The fourth-order valence-corrected chi connectivity index (χ4v) is 5.14. The van der Waals surface area contributed by atoms with Crippen LogP contribution in [0, 0.1) is 20.8 Å². The Bertz CT molecular complexity index is 1570. The first-order chi connectivity index (χ1) is 17.5. The lowest BCUT2D eigenvalue weighted by Gasteiger charge is -2.14. The Morgan fingerprint density at radius 1 is 1.03 bits per heavy atom. The van der Waals surface area contributed by atoms with Crippen LogP contribution in [-0.4, -0.2) is 25.9 Å². The average Bonchev–Trinajstić information content (AvgIpc) is 3.18. The Morgan fingerprint density at radius 3 is 2.46 bits per heavy atom. The van der Waals surface area contributed by atoms with Crippen LogP contribution in [0.2, 0.25) is 0 Å². The highest BCUT2D eigenvalue weighted by Gasteiger charge is 2.19. The van der Waals surface area contributed by atoms with Crippen LogP contribution in [0.1, 0.15) is 58.2 Å². The summed E-state index contributed by atoms with van der Waals surface area (Å²) in [7, 11) is -1.11. The summed E-state index contributed by atoms with van der Waals surface area (Å²) < 4.78 is 16.6. The van der Waals surface area contributed by atoms with Crippen molar-refractivity contribution in [3.63, 3.8) is 0 Å². The van der Waals surface area contributed by atoms with Crippen LogP contribution in [-0.2, 0) is 24.1 Å². The van der Waals surface area contributed by atoms with E-state index in [1.807, 2.05) is 57.2 Å². The number of pyridine rings is 1. The molecule has 0 radical (unpaired) electrons. The van der Waals surface area contributed by atoms with E-state index in [1.165, 1.54) is 0 Å². The van der Waals surface area contributed by atoms with E-state index in [0.29, 0.717) is 17.7 Å². The number of amides is 1. The molecule has 1 amide bonds. The summed E-state index contributed by atoms with van der Waals surface area (Å²) in [5, 5.41) is 3.89. The predicted octanol–water partition coefficient (Wildman–Crippen LogP) is 4.82. The number of hydrogen-bond donors (Lipinski definition) is 3. The highest BCUT2D eigenvalue weighted by molar-refractivity contribution is 7.82. The van der Waals surface area contributed by atoms with Gasteiger partial charge in [-0.05, 0) is 86.7 Å². The minimum atomic E-state index is -1.11. The predicted molar refractivity (Wildman–Crippen MR) is 151 cm³/mol. The van der Waals surface area contributed by atoms with E-state index in [1.54, 1.807) is 6.26 Å². The van der Waals surface area contributed by atoms with Crippen molar-refractivity contribution in [3.8, 4) is 11.1 Å². The highest BCUT2D eigenvalue weighted by atomic mass is 32.2. The molecule has 4 rings (SSSR count). The maximum Gasteiger partial charge on any atom is 0.253 e. The zero-order chi connectivity index (χ0) is 26.9. The van der Waals surface area contributed by atoms with Gasteiger partial charge < -0.3 is 14.9 Å². The third-order valence-electron chi connectivity index (χ3n) is 6.58. The van der Waals surface area contributed by atoms with Gasteiger partial charge in [-0.1, -0.05) is 18.2 Å². The Labute approximate surface area is 219 Å². The van der Waals surface area contributed by atoms with Crippen molar-refractivity contribution < 1.29 is 9.00 Å². The van der Waals surface area contributed by atoms with Crippen molar-refractivity contribution in [1.82, 2.24) is 19.6 Å². The largest absolute Gasteiger partial charge is 0.348 e. The molecule has 3 N–H and O–H groups in total. The number of nitrogens with one attached hydrogen (secondary N) is 3. The maximum absolute atomic E-state index is 13.6. The van der Waals surface area contributed by atoms with Crippen molar-refractivity contribution in [1.29, 1.82) is 0 Å². The molecule has 0 fully saturated rings. The number of aryl methyl sites for hydroxylation is 3. The molecule has 2 aromatic heterocycles. The summed E-state index contributed by atoms with van der Waals surface area (Å²) in [5.41, 5.74) is 7.48. The van der Waals surface area contributed by atoms with E-state index in [0.717, 1.165) is 44.4 Å². The summed E-state index contributed by atoms with van der Waals surface area (Å²) in [6.07, 6.45) is 3.69. The molecule has 7 nitrogen and oxygen atoms in total. The lowest BCUT2D eigenvalue weighted by Crippen LogP contribution is -2.28. The van der Waals surface area contributed by atoms with E-state index in [2.05, 4.69) is 45.7 Å². The second-order valence-electron chi connectivity index (χ2n) is 9.83. The zero-order valence-corrected chi connectivity index (χ0v) is 23.0. The summed E-state index contributed by atoms with van der Waals surface area (Å²) in [6, 6.07) is 14.2. The third-order valence-corrected chi connectivity index (χ3v) is 7.13. The van der Waals surface area contributed by atoms with Crippen LogP contribution in [0.4, 0.5) is 0 Å². The first-order valence-corrected chi connectivity index (χ1v) is 13.9. The highest BCUT2D eigenvalue weighted by Crippen LogP contribution is 2.33. The first kappa shape index (κ1) is 26.6. The molecule has 0 spiro atoms. The molecule has 194 valence electrons. The van der Waals surface area contributed by atoms with Gasteiger partial charge in [0.25, 0.3) is 11.5 Å². The van der Waals surface area contributed by atoms with Gasteiger partial charge in [0, 0.05) is 59.3 Å². The fraction of sp³-hybridized carbons (Fsp3) is 0.310. The number of H-pyrrole nitrogens is 1. The van der Waals surface area contributed by atoms with Crippen LogP contribution in [0.15, 0.2) is 53.5 Å². The van der Waals surface area contributed by atoms with Gasteiger partial charge in [0.05, 0.1) is 11.0 Å². The number of carbonyl (C=O) groups is 1. The van der Waals surface area contributed by atoms with Crippen LogP contribution in [0.5, 0.6) is 0 Å². The van der Waals surface area contributed by atoms with Crippen LogP contribution >= 0.6 is 0 Å². The summed E-state index contributed by atoms with van der Waals surface area (Å²) in [4.78, 5) is 28.9. The van der Waals surface area contributed by atoms with Gasteiger partial charge in [0.2, 0.25) is 0 Å². The van der Waals surface area contributed by atoms with Crippen molar-refractivity contribution in [2.24, 2.45) is 0 Å². The monoisotopic (exact) mass is 518 g/mol. The van der Waals surface area contributed by atoms with E-state index in [-0.39, 0.29) is 24.1 Å². The topological polar surface area (TPSA) is 96.0 Å². The van der Waals surface area contributed by atoms with Gasteiger partial charge in [-0.15, -0.1) is 0 Å². The normalized spacial score (nSPS) is 12.3. The Morgan fingerprint density at radius 2 is 1.78 bits per heavy atom. The number of aromatic nitrogens is 2. The fourth-order valence-electron chi connectivity index (χ4n) is 4.77. The molecule has 0 saturated carbocycles. The maximum atomic E-state index is 13.6. The van der Waals surface area contributed by atoms with Crippen LogP contribution < -0.4 is 15.6 Å². The SMILES string of the molecule is Cc1cc(C)c(CNC(=O)c2cc(-c3cccc(CNS(C)=O)c3)cc3c2c(C)cn3C(C)C)c(=O)[nH]1. The molecule has 1 unspecified atom stereocenters. The minimum absolute atomic E-state index is 0.144. The molecular formula is C29H34N4O3S. The number of benzene rings is 2. The summed E-state index contributed by atoms with van der Waals surface area (Å²) >= 11 is 0. The lowest BCUT2D eigenvalue weighted by molar-refractivity contribution is 0.0952. The molecule has 8 heteroatoms. The van der Waals surface area contributed by atoms with Gasteiger partial charge >= 0.3 is 0 Å². The van der Waals surface area contributed by atoms with E-state index >= 15 is 0 Å². The molecule has 37 heavy (non-hydrogen) atoms. The standard InChI is InChI=1S/C29H34N4O3S/c1-17(2)33-16-19(4)27-24(28(34)30-15-25-18(3)10-20(5)32-29(25)35)12-23(13-26(27)33)22-9-7-8-21(11-22)14-31-37(6)36/h7-13,16-17,31H,14-15H2,1-6H3,(H,30,34)(H,32,35). The summed E-state index contributed by atoms with van der Waals surface area (Å²) in [6.45, 7) is 10.6. The molecule has 0 bridgehead atoms. The van der Waals surface area contributed by atoms with Crippen LogP contribution in [0.25, 0.3) is 22.0 Å². The molecule has 2 heterocycles. The molecule has 1 atom stereocenters. The minimum Gasteiger partial charge on any atom is -0.348 e. The van der Waals surface area contributed by atoms with Gasteiger partial charge in [-0.25, -0.2) is 8.93 Å². The van der Waals surface area contributed by atoms with Crippen molar-refractivity contribution >= 4 is 27.8 Å². The molecule has 0 aliphatic rings. The van der Waals surface area contributed by atoms with E-state index < -0.39 is 11.0 Å². The number of rotatable bonds is 8. The molecule has 0 saturated heterocycles.